The number of rotatable bonds is 4. The zero-order valence-electron chi connectivity index (χ0n) is 19.4. The average molecular weight is 435 g/mol. The second kappa shape index (κ2) is 9.43. The fraction of sp³-hybridized carbons (Fsp3) is 0.462. The number of carbonyl (C=O) groups is 2. The zero-order chi connectivity index (χ0) is 22.7. The third kappa shape index (κ3) is 5.56. The van der Waals surface area contributed by atoms with E-state index in [0.29, 0.717) is 26.2 Å². The number of nitrogens with one attached hydrogen (secondary N) is 1. The van der Waals surface area contributed by atoms with E-state index in [2.05, 4.69) is 63.6 Å². The first kappa shape index (κ1) is 22.5. The fourth-order valence-corrected chi connectivity index (χ4v) is 4.60. The number of hydrogen-bond donors (Lipinski definition) is 1. The van der Waals surface area contributed by atoms with Crippen molar-refractivity contribution in [2.24, 2.45) is 0 Å². The molecule has 0 aromatic heterocycles. The smallest absolute Gasteiger partial charge is 0.236 e. The highest BCUT2D eigenvalue weighted by atomic mass is 16.2. The van der Waals surface area contributed by atoms with E-state index >= 15 is 0 Å². The van der Waals surface area contributed by atoms with Crippen molar-refractivity contribution in [2.45, 2.75) is 39.4 Å². The summed E-state index contributed by atoms with van der Waals surface area (Å²) < 4.78 is 0. The summed E-state index contributed by atoms with van der Waals surface area (Å²) >= 11 is 0. The SMILES string of the molecule is CC(C)(C)NC(=O)CN1CCN(C(=O)CN2Cc3ccccc3-c3ccccc3C2)CC1. The lowest BCUT2D eigenvalue weighted by atomic mass is 9.97. The summed E-state index contributed by atoms with van der Waals surface area (Å²) in [5.74, 6) is 0.208. The second-order valence-corrected chi connectivity index (χ2v) is 9.91. The Morgan fingerprint density at radius 3 is 1.84 bits per heavy atom. The van der Waals surface area contributed by atoms with Gasteiger partial charge in [0.25, 0.3) is 0 Å². The number of carbonyl (C=O) groups excluding carboxylic acids is 2. The molecule has 1 N–H and O–H groups in total. The van der Waals surface area contributed by atoms with E-state index in [1.54, 1.807) is 0 Å². The molecule has 6 heteroatoms. The van der Waals surface area contributed by atoms with Crippen LogP contribution < -0.4 is 5.32 Å². The minimum Gasteiger partial charge on any atom is -0.350 e. The monoisotopic (exact) mass is 434 g/mol. The molecule has 0 unspecified atom stereocenters. The van der Waals surface area contributed by atoms with Gasteiger partial charge >= 0.3 is 0 Å². The highest BCUT2D eigenvalue weighted by Gasteiger charge is 2.26. The summed E-state index contributed by atoms with van der Waals surface area (Å²) in [5.41, 5.74) is 4.83. The molecule has 2 amide bonds. The number of benzene rings is 2. The van der Waals surface area contributed by atoms with Crippen molar-refractivity contribution in [3.8, 4) is 11.1 Å². The minimum atomic E-state index is -0.223. The molecule has 32 heavy (non-hydrogen) atoms. The Labute approximate surface area is 191 Å². The molecule has 0 radical (unpaired) electrons. The largest absolute Gasteiger partial charge is 0.350 e. The van der Waals surface area contributed by atoms with Crippen LogP contribution in [0.5, 0.6) is 0 Å². The van der Waals surface area contributed by atoms with E-state index in [1.807, 2.05) is 25.7 Å². The highest BCUT2D eigenvalue weighted by molar-refractivity contribution is 5.80. The normalized spacial score (nSPS) is 17.3. The first-order valence-corrected chi connectivity index (χ1v) is 11.5. The summed E-state index contributed by atoms with van der Waals surface area (Å²) in [5, 5.41) is 3.01. The van der Waals surface area contributed by atoms with Crippen LogP contribution in [0.3, 0.4) is 0 Å². The van der Waals surface area contributed by atoms with Crippen LogP contribution in [-0.2, 0) is 22.7 Å². The fourth-order valence-electron chi connectivity index (χ4n) is 4.60. The summed E-state index contributed by atoms with van der Waals surface area (Å²) in [6.07, 6.45) is 0. The molecular formula is C26H34N4O2. The van der Waals surface area contributed by atoms with Gasteiger partial charge in [-0.2, -0.15) is 0 Å². The van der Waals surface area contributed by atoms with Gasteiger partial charge < -0.3 is 10.2 Å². The van der Waals surface area contributed by atoms with E-state index in [1.165, 1.54) is 22.3 Å². The van der Waals surface area contributed by atoms with Crippen molar-refractivity contribution in [2.75, 3.05) is 39.3 Å². The van der Waals surface area contributed by atoms with Crippen molar-refractivity contribution in [1.82, 2.24) is 20.0 Å². The molecule has 0 atom stereocenters. The van der Waals surface area contributed by atoms with Gasteiger partial charge in [0.15, 0.2) is 0 Å². The van der Waals surface area contributed by atoms with Crippen molar-refractivity contribution >= 4 is 11.8 Å². The number of hydrogen-bond acceptors (Lipinski definition) is 4. The Morgan fingerprint density at radius 2 is 1.31 bits per heavy atom. The van der Waals surface area contributed by atoms with E-state index in [9.17, 15) is 9.59 Å². The van der Waals surface area contributed by atoms with Gasteiger partial charge in [-0.25, -0.2) is 0 Å². The second-order valence-electron chi connectivity index (χ2n) is 9.91. The Morgan fingerprint density at radius 1 is 0.781 bits per heavy atom. The van der Waals surface area contributed by atoms with Gasteiger partial charge in [0.05, 0.1) is 13.1 Å². The zero-order valence-corrected chi connectivity index (χ0v) is 19.4. The van der Waals surface area contributed by atoms with E-state index in [4.69, 9.17) is 0 Å². The molecule has 2 aromatic carbocycles. The number of nitrogens with zero attached hydrogens (tertiary/aromatic N) is 3. The summed E-state index contributed by atoms with van der Waals surface area (Å²) in [6.45, 7) is 11.1. The maximum Gasteiger partial charge on any atom is 0.236 e. The van der Waals surface area contributed by atoms with E-state index in [-0.39, 0.29) is 17.4 Å². The lowest BCUT2D eigenvalue weighted by molar-refractivity contribution is -0.134. The van der Waals surface area contributed by atoms with Crippen LogP contribution in [0.4, 0.5) is 0 Å². The maximum absolute atomic E-state index is 13.1. The van der Waals surface area contributed by atoms with Gasteiger partial charge in [0.2, 0.25) is 11.8 Å². The minimum absolute atomic E-state index is 0.0409. The first-order valence-electron chi connectivity index (χ1n) is 11.5. The molecule has 6 nitrogen and oxygen atoms in total. The van der Waals surface area contributed by atoms with Crippen LogP contribution in [0, 0.1) is 0 Å². The van der Waals surface area contributed by atoms with Gasteiger partial charge in [-0.05, 0) is 43.0 Å². The number of amides is 2. The highest BCUT2D eigenvalue weighted by Crippen LogP contribution is 2.32. The van der Waals surface area contributed by atoms with Gasteiger partial charge in [-0.15, -0.1) is 0 Å². The third-order valence-corrected chi connectivity index (χ3v) is 6.08. The quantitative estimate of drug-likeness (QED) is 0.804. The lowest BCUT2D eigenvalue weighted by Crippen LogP contribution is -2.54. The molecule has 4 rings (SSSR count). The van der Waals surface area contributed by atoms with Crippen LogP contribution in [0.15, 0.2) is 48.5 Å². The molecule has 0 bridgehead atoms. The van der Waals surface area contributed by atoms with Gasteiger partial charge in [0.1, 0.15) is 0 Å². The standard InChI is InChI=1S/C26H34N4O2/c1-26(2,3)27-24(31)18-28-12-14-30(15-13-28)25(32)19-29-16-20-8-4-6-10-22(20)23-11-7-5-9-21(23)17-29/h4-11H,12-19H2,1-3H3,(H,27,31). The Hall–Kier alpha value is -2.70. The Bertz CT molecular complexity index is 926. The van der Waals surface area contributed by atoms with E-state index < -0.39 is 0 Å². The van der Waals surface area contributed by atoms with Crippen LogP contribution in [0.25, 0.3) is 11.1 Å². The van der Waals surface area contributed by atoms with Gasteiger partial charge in [-0.3, -0.25) is 19.4 Å². The molecule has 2 aromatic rings. The predicted molar refractivity (Wildman–Crippen MR) is 127 cm³/mol. The topological polar surface area (TPSA) is 55.9 Å². The number of piperazine rings is 1. The Balaban J connectivity index is 1.35. The van der Waals surface area contributed by atoms with Crippen LogP contribution in [0.2, 0.25) is 0 Å². The summed E-state index contributed by atoms with van der Waals surface area (Å²) in [6, 6.07) is 17.0. The van der Waals surface area contributed by atoms with Crippen molar-refractivity contribution < 1.29 is 9.59 Å². The van der Waals surface area contributed by atoms with Crippen LogP contribution in [0.1, 0.15) is 31.9 Å². The van der Waals surface area contributed by atoms with Crippen LogP contribution >= 0.6 is 0 Å². The van der Waals surface area contributed by atoms with Crippen molar-refractivity contribution in [1.29, 1.82) is 0 Å². The first-order chi connectivity index (χ1) is 15.3. The average Bonchev–Trinajstić information content (AvgIpc) is 2.89. The van der Waals surface area contributed by atoms with E-state index in [0.717, 1.165) is 26.2 Å². The molecule has 0 aliphatic carbocycles. The summed E-state index contributed by atoms with van der Waals surface area (Å²) in [7, 11) is 0. The van der Waals surface area contributed by atoms with Crippen molar-refractivity contribution in [3.05, 3.63) is 59.7 Å². The third-order valence-electron chi connectivity index (χ3n) is 6.08. The summed E-state index contributed by atoms with van der Waals surface area (Å²) in [4.78, 5) is 31.6. The van der Waals surface area contributed by atoms with Gasteiger partial charge in [-0.1, -0.05) is 48.5 Å². The molecule has 1 saturated heterocycles. The molecule has 2 aliphatic heterocycles. The predicted octanol–water partition coefficient (Wildman–Crippen LogP) is 2.73. The van der Waals surface area contributed by atoms with Crippen molar-refractivity contribution in [3.63, 3.8) is 0 Å². The molecule has 0 saturated carbocycles. The van der Waals surface area contributed by atoms with Crippen LogP contribution in [-0.4, -0.2) is 71.3 Å². The molecule has 0 spiro atoms. The molecule has 1 fully saturated rings. The molecular weight excluding hydrogens is 400 g/mol. The maximum atomic E-state index is 13.1. The number of fused-ring (bicyclic) bond motifs is 3. The molecule has 2 aliphatic rings. The molecule has 2 heterocycles. The lowest BCUT2D eigenvalue weighted by Gasteiger charge is -2.36. The van der Waals surface area contributed by atoms with Gasteiger partial charge in [0, 0.05) is 44.8 Å². The Kier molecular flexibility index (Phi) is 6.63. The molecule has 170 valence electrons.